The van der Waals surface area contributed by atoms with E-state index in [1.165, 1.54) is 0 Å². The predicted octanol–water partition coefficient (Wildman–Crippen LogP) is 1.56. The van der Waals surface area contributed by atoms with Crippen LogP contribution in [0, 0.1) is 12.8 Å². The lowest BCUT2D eigenvalue weighted by Crippen LogP contribution is -2.29. The molecule has 0 radical (unpaired) electrons. The zero-order chi connectivity index (χ0) is 22.5. The zero-order valence-electron chi connectivity index (χ0n) is 19.0. The number of β-amino-alcohol motifs (C(OH)–C–C–N with tert-alkyl or cyclic N) is 1. The standard InChI is InChI=1S/C24H34N4O4/c1-16-22(10-17-7-9-31-14-17)26-23(27-24(16)28-8-6-19(29)13-28)18-4-3-5-21(11-18)32-15-20(30)12-25-2/h3-5,11,17,19-20,25,29-30H,6-10,12-15H2,1-2H3/t17-,19+,20?/m0/s1. The molecule has 2 fully saturated rings. The maximum atomic E-state index is 10.1. The van der Waals surface area contributed by atoms with E-state index in [1.807, 2.05) is 24.3 Å². The lowest BCUT2D eigenvalue weighted by atomic mass is 9.99. The number of nitrogens with one attached hydrogen (secondary N) is 1. The molecule has 2 aliphatic rings. The van der Waals surface area contributed by atoms with E-state index in [0.717, 1.165) is 61.7 Å². The van der Waals surface area contributed by atoms with Crippen molar-refractivity contribution in [2.45, 2.75) is 38.4 Å². The van der Waals surface area contributed by atoms with Crippen molar-refractivity contribution in [1.82, 2.24) is 15.3 Å². The van der Waals surface area contributed by atoms with E-state index in [-0.39, 0.29) is 12.7 Å². The quantitative estimate of drug-likeness (QED) is 0.538. The van der Waals surface area contributed by atoms with Crippen LogP contribution in [-0.4, -0.2) is 78.9 Å². The second-order valence-electron chi connectivity index (χ2n) is 8.82. The third-order valence-corrected chi connectivity index (χ3v) is 6.16. The molecule has 1 aromatic heterocycles. The van der Waals surface area contributed by atoms with Gasteiger partial charge in [-0.3, -0.25) is 0 Å². The average molecular weight is 443 g/mol. The van der Waals surface area contributed by atoms with Gasteiger partial charge in [-0.05, 0) is 51.3 Å². The highest BCUT2D eigenvalue weighted by Gasteiger charge is 2.26. The van der Waals surface area contributed by atoms with Crippen LogP contribution in [0.5, 0.6) is 5.75 Å². The third kappa shape index (κ3) is 5.56. The average Bonchev–Trinajstić information content (AvgIpc) is 3.46. The van der Waals surface area contributed by atoms with Crippen molar-refractivity contribution in [2.75, 3.05) is 51.4 Å². The van der Waals surface area contributed by atoms with Crippen molar-refractivity contribution >= 4 is 5.82 Å². The maximum absolute atomic E-state index is 10.1. The van der Waals surface area contributed by atoms with Crippen molar-refractivity contribution in [1.29, 1.82) is 0 Å². The van der Waals surface area contributed by atoms with Gasteiger partial charge < -0.3 is 29.9 Å². The summed E-state index contributed by atoms with van der Waals surface area (Å²) in [6.07, 6.45) is 1.77. The van der Waals surface area contributed by atoms with Gasteiger partial charge >= 0.3 is 0 Å². The van der Waals surface area contributed by atoms with Crippen LogP contribution in [0.3, 0.4) is 0 Å². The Morgan fingerprint density at radius 3 is 2.91 bits per heavy atom. The van der Waals surface area contributed by atoms with Gasteiger partial charge in [-0.15, -0.1) is 0 Å². The summed E-state index contributed by atoms with van der Waals surface area (Å²) in [5.41, 5.74) is 2.99. The Labute approximate surface area is 189 Å². The number of rotatable bonds is 9. The van der Waals surface area contributed by atoms with Crippen LogP contribution < -0.4 is 15.0 Å². The van der Waals surface area contributed by atoms with E-state index < -0.39 is 6.10 Å². The minimum Gasteiger partial charge on any atom is -0.491 e. The first-order valence-electron chi connectivity index (χ1n) is 11.5. The summed E-state index contributed by atoms with van der Waals surface area (Å²) in [4.78, 5) is 12.0. The van der Waals surface area contributed by atoms with Gasteiger partial charge in [0, 0.05) is 49.7 Å². The lowest BCUT2D eigenvalue weighted by molar-refractivity contribution is 0.108. The van der Waals surface area contributed by atoms with Crippen molar-refractivity contribution in [3.63, 3.8) is 0 Å². The number of hydrogen-bond acceptors (Lipinski definition) is 8. The first-order valence-corrected chi connectivity index (χ1v) is 11.5. The second-order valence-corrected chi connectivity index (χ2v) is 8.82. The van der Waals surface area contributed by atoms with E-state index in [1.54, 1.807) is 7.05 Å². The minimum absolute atomic E-state index is 0.211. The van der Waals surface area contributed by atoms with Crippen LogP contribution in [0.1, 0.15) is 24.1 Å². The summed E-state index contributed by atoms with van der Waals surface area (Å²) in [6, 6.07) is 7.69. The smallest absolute Gasteiger partial charge is 0.161 e. The van der Waals surface area contributed by atoms with Crippen LogP contribution in [0.4, 0.5) is 5.82 Å². The molecule has 0 amide bonds. The molecule has 0 bridgehead atoms. The number of benzene rings is 1. The SMILES string of the molecule is CNCC(O)COc1cccc(-c2nc(C[C@@H]3CCOC3)c(C)c(N3CC[C@@H](O)C3)n2)c1. The van der Waals surface area contributed by atoms with Crippen molar-refractivity contribution in [3.8, 4) is 17.1 Å². The number of nitrogens with zero attached hydrogens (tertiary/aromatic N) is 3. The maximum Gasteiger partial charge on any atom is 0.161 e. The molecule has 2 saturated heterocycles. The summed E-state index contributed by atoms with van der Waals surface area (Å²) >= 11 is 0. The molecule has 0 aliphatic carbocycles. The molecular weight excluding hydrogens is 408 g/mol. The fourth-order valence-corrected chi connectivity index (χ4v) is 4.35. The van der Waals surface area contributed by atoms with E-state index >= 15 is 0 Å². The van der Waals surface area contributed by atoms with Crippen molar-refractivity contribution in [2.24, 2.45) is 5.92 Å². The molecule has 174 valence electrons. The Morgan fingerprint density at radius 2 is 2.19 bits per heavy atom. The number of aliphatic hydroxyl groups excluding tert-OH is 2. The Kier molecular flexibility index (Phi) is 7.57. The van der Waals surface area contributed by atoms with Crippen LogP contribution in [-0.2, 0) is 11.2 Å². The Bertz CT molecular complexity index is 904. The van der Waals surface area contributed by atoms with E-state index in [0.29, 0.717) is 30.6 Å². The number of aromatic nitrogens is 2. The van der Waals surface area contributed by atoms with E-state index in [2.05, 4.69) is 17.1 Å². The van der Waals surface area contributed by atoms with Crippen molar-refractivity contribution in [3.05, 3.63) is 35.5 Å². The summed E-state index contributed by atoms with van der Waals surface area (Å²) in [7, 11) is 1.80. The van der Waals surface area contributed by atoms with Gasteiger partial charge in [0.2, 0.25) is 0 Å². The first kappa shape index (κ1) is 22.9. The minimum atomic E-state index is -0.576. The number of likely N-dealkylation sites (N-methyl/N-ethyl adjacent to an activating group) is 1. The van der Waals surface area contributed by atoms with Gasteiger partial charge in [0.1, 0.15) is 24.3 Å². The highest BCUT2D eigenvalue weighted by molar-refractivity contribution is 5.62. The Morgan fingerprint density at radius 1 is 1.31 bits per heavy atom. The molecule has 32 heavy (non-hydrogen) atoms. The van der Waals surface area contributed by atoms with Crippen LogP contribution in [0.15, 0.2) is 24.3 Å². The monoisotopic (exact) mass is 442 g/mol. The van der Waals surface area contributed by atoms with Crippen LogP contribution in [0.2, 0.25) is 0 Å². The fraction of sp³-hybridized carbons (Fsp3) is 0.583. The number of anilines is 1. The van der Waals surface area contributed by atoms with Gasteiger partial charge in [-0.1, -0.05) is 12.1 Å². The third-order valence-electron chi connectivity index (χ3n) is 6.16. The molecule has 1 aromatic carbocycles. The first-order chi connectivity index (χ1) is 15.5. The number of ether oxygens (including phenoxy) is 2. The molecule has 0 saturated carbocycles. The number of aliphatic hydroxyl groups is 2. The largest absolute Gasteiger partial charge is 0.491 e. The normalized spacial score (nSPS) is 21.8. The van der Waals surface area contributed by atoms with Crippen LogP contribution in [0.25, 0.3) is 11.4 Å². The molecule has 3 heterocycles. The highest BCUT2D eigenvalue weighted by Crippen LogP contribution is 2.31. The van der Waals surface area contributed by atoms with E-state index in [9.17, 15) is 10.2 Å². The molecule has 4 rings (SSSR count). The Hall–Kier alpha value is -2.26. The van der Waals surface area contributed by atoms with Gasteiger partial charge in [-0.2, -0.15) is 0 Å². The lowest BCUT2D eigenvalue weighted by Gasteiger charge is -2.22. The predicted molar refractivity (Wildman–Crippen MR) is 123 cm³/mol. The molecule has 2 aliphatic heterocycles. The molecule has 3 atom stereocenters. The molecular formula is C24H34N4O4. The highest BCUT2D eigenvalue weighted by atomic mass is 16.5. The zero-order valence-corrected chi connectivity index (χ0v) is 19.0. The van der Waals surface area contributed by atoms with Crippen LogP contribution >= 0.6 is 0 Å². The molecule has 1 unspecified atom stereocenters. The van der Waals surface area contributed by atoms with Gasteiger partial charge in [0.05, 0.1) is 6.10 Å². The van der Waals surface area contributed by atoms with Gasteiger partial charge in [0.15, 0.2) is 5.82 Å². The molecule has 8 nitrogen and oxygen atoms in total. The second kappa shape index (κ2) is 10.6. The topological polar surface area (TPSA) is 100.0 Å². The van der Waals surface area contributed by atoms with E-state index in [4.69, 9.17) is 19.4 Å². The van der Waals surface area contributed by atoms with Gasteiger partial charge in [-0.25, -0.2) is 9.97 Å². The number of hydrogen-bond donors (Lipinski definition) is 3. The summed E-state index contributed by atoms with van der Waals surface area (Å²) in [5, 5.41) is 22.9. The summed E-state index contributed by atoms with van der Waals surface area (Å²) in [5.74, 6) is 2.70. The molecule has 3 N–H and O–H groups in total. The summed E-state index contributed by atoms with van der Waals surface area (Å²) < 4.78 is 11.4. The van der Waals surface area contributed by atoms with Gasteiger partial charge in [0.25, 0.3) is 0 Å². The molecule has 2 aromatic rings. The Balaban J connectivity index is 1.63. The van der Waals surface area contributed by atoms with Crippen molar-refractivity contribution < 1.29 is 19.7 Å². The molecule has 0 spiro atoms. The fourth-order valence-electron chi connectivity index (χ4n) is 4.35. The molecule has 8 heteroatoms. The summed E-state index contributed by atoms with van der Waals surface area (Å²) in [6.45, 7) is 5.73.